The molecule has 0 spiro atoms. The van der Waals surface area contributed by atoms with Crippen LogP contribution in [0.2, 0.25) is 0 Å². The Balaban J connectivity index is 2.08. The molecule has 8 heteroatoms. The fourth-order valence-electron chi connectivity index (χ4n) is 1.52. The third kappa shape index (κ3) is 3.27. The fraction of sp³-hybridized carbons (Fsp3) is 0.250. The molecule has 0 aliphatic heterocycles. The SMILES string of the molecule is CCc1ccc(CNS(=O)(=O)c2ccc(C(=O)O)o2)s1. The molecule has 2 heterocycles. The molecule has 6 nitrogen and oxygen atoms in total. The van der Waals surface area contributed by atoms with E-state index in [0.29, 0.717) is 0 Å². The van der Waals surface area contributed by atoms with Gasteiger partial charge in [-0.2, -0.15) is 0 Å². The standard InChI is InChI=1S/C12H13NO5S2/c1-2-8-3-4-9(19-8)7-13-20(16,17)11-6-5-10(18-11)12(14)15/h3-6,13H,2,7H2,1H3,(H,14,15). The van der Waals surface area contributed by atoms with Crippen molar-refractivity contribution >= 4 is 27.3 Å². The normalized spacial score (nSPS) is 11.7. The lowest BCUT2D eigenvalue weighted by atomic mass is 10.4. The summed E-state index contributed by atoms with van der Waals surface area (Å²) in [6, 6.07) is 6.04. The number of hydrogen-bond donors (Lipinski definition) is 2. The molecule has 0 aliphatic rings. The molecule has 0 saturated carbocycles. The molecule has 0 aromatic carbocycles. The van der Waals surface area contributed by atoms with E-state index in [1.165, 1.54) is 16.2 Å². The second-order valence-corrected chi connectivity index (χ2v) is 6.92. The highest BCUT2D eigenvalue weighted by molar-refractivity contribution is 7.89. The molecule has 108 valence electrons. The molecule has 0 aliphatic carbocycles. The van der Waals surface area contributed by atoms with Crippen molar-refractivity contribution in [3.8, 4) is 0 Å². The molecule has 2 aromatic heterocycles. The van der Waals surface area contributed by atoms with Gasteiger partial charge in [-0.25, -0.2) is 17.9 Å². The van der Waals surface area contributed by atoms with Gasteiger partial charge in [-0.1, -0.05) is 6.92 Å². The van der Waals surface area contributed by atoms with Crippen LogP contribution in [0.1, 0.15) is 27.2 Å². The first-order chi connectivity index (χ1) is 9.42. The van der Waals surface area contributed by atoms with Crippen molar-refractivity contribution in [3.63, 3.8) is 0 Å². The Morgan fingerprint density at radius 3 is 2.55 bits per heavy atom. The molecule has 0 saturated heterocycles. The molecule has 0 unspecified atom stereocenters. The van der Waals surface area contributed by atoms with Crippen LogP contribution in [0.5, 0.6) is 0 Å². The van der Waals surface area contributed by atoms with Crippen LogP contribution >= 0.6 is 11.3 Å². The summed E-state index contributed by atoms with van der Waals surface area (Å²) in [5, 5.41) is 8.29. The summed E-state index contributed by atoms with van der Waals surface area (Å²) in [7, 11) is -3.84. The van der Waals surface area contributed by atoms with E-state index in [-0.39, 0.29) is 6.54 Å². The Kier molecular flexibility index (Phi) is 4.26. The van der Waals surface area contributed by atoms with Crippen LogP contribution in [0.4, 0.5) is 0 Å². The van der Waals surface area contributed by atoms with Crippen molar-refractivity contribution < 1.29 is 22.7 Å². The number of carbonyl (C=O) groups is 1. The Labute approximate surface area is 120 Å². The van der Waals surface area contributed by atoms with Gasteiger partial charge in [0.25, 0.3) is 10.0 Å². The van der Waals surface area contributed by atoms with Crippen molar-refractivity contribution in [2.45, 2.75) is 25.0 Å². The molecular weight excluding hydrogens is 302 g/mol. The van der Waals surface area contributed by atoms with Gasteiger partial charge >= 0.3 is 5.97 Å². The van der Waals surface area contributed by atoms with E-state index >= 15 is 0 Å². The number of aryl methyl sites for hydroxylation is 1. The molecule has 2 aromatic rings. The Morgan fingerprint density at radius 1 is 1.30 bits per heavy atom. The number of carboxylic acids is 1. The van der Waals surface area contributed by atoms with Gasteiger partial charge in [0.1, 0.15) is 0 Å². The summed E-state index contributed by atoms with van der Waals surface area (Å²) in [6.45, 7) is 2.17. The number of rotatable bonds is 6. The summed E-state index contributed by atoms with van der Waals surface area (Å²) in [6.07, 6.45) is 0.900. The highest BCUT2D eigenvalue weighted by Gasteiger charge is 2.20. The Bertz CT molecular complexity index is 714. The zero-order valence-corrected chi connectivity index (χ0v) is 12.3. The second kappa shape index (κ2) is 5.78. The largest absolute Gasteiger partial charge is 0.475 e. The van der Waals surface area contributed by atoms with Gasteiger partial charge in [0.2, 0.25) is 10.9 Å². The van der Waals surface area contributed by atoms with E-state index in [1.807, 2.05) is 19.1 Å². The van der Waals surface area contributed by atoms with E-state index in [1.54, 1.807) is 0 Å². The number of hydrogen-bond acceptors (Lipinski definition) is 5. The molecule has 0 radical (unpaired) electrons. The van der Waals surface area contributed by atoms with Crippen molar-refractivity contribution in [2.75, 3.05) is 0 Å². The van der Waals surface area contributed by atoms with Crippen molar-refractivity contribution in [1.29, 1.82) is 0 Å². The molecule has 0 fully saturated rings. The van der Waals surface area contributed by atoms with Crippen LogP contribution in [-0.4, -0.2) is 19.5 Å². The van der Waals surface area contributed by atoms with Crippen LogP contribution in [0.3, 0.4) is 0 Å². The van der Waals surface area contributed by atoms with Crippen LogP contribution in [0, 0.1) is 0 Å². The van der Waals surface area contributed by atoms with Gasteiger partial charge in [0.15, 0.2) is 0 Å². The van der Waals surface area contributed by atoms with Gasteiger partial charge in [-0.05, 0) is 30.7 Å². The maximum Gasteiger partial charge on any atom is 0.371 e. The van der Waals surface area contributed by atoms with Crippen molar-refractivity contribution in [3.05, 3.63) is 39.8 Å². The van der Waals surface area contributed by atoms with Crippen LogP contribution in [0.25, 0.3) is 0 Å². The predicted octanol–water partition coefficient (Wildman–Crippen LogP) is 2.08. The van der Waals surface area contributed by atoms with Gasteiger partial charge in [-0.15, -0.1) is 11.3 Å². The number of carboxylic acid groups (broad SMARTS) is 1. The molecular formula is C12H13NO5S2. The summed E-state index contributed by atoms with van der Waals surface area (Å²) < 4.78 is 31.0. The molecule has 0 atom stereocenters. The maximum atomic E-state index is 11.9. The van der Waals surface area contributed by atoms with E-state index in [9.17, 15) is 13.2 Å². The highest BCUT2D eigenvalue weighted by atomic mass is 32.2. The molecule has 2 rings (SSSR count). The predicted molar refractivity (Wildman–Crippen MR) is 73.4 cm³/mol. The lowest BCUT2D eigenvalue weighted by molar-refractivity contribution is 0.0656. The summed E-state index contributed by atoms with van der Waals surface area (Å²) in [5.74, 6) is -1.72. The van der Waals surface area contributed by atoms with E-state index < -0.39 is 26.8 Å². The van der Waals surface area contributed by atoms with E-state index in [0.717, 1.165) is 23.4 Å². The average Bonchev–Trinajstić information content (AvgIpc) is 3.05. The maximum absolute atomic E-state index is 11.9. The first-order valence-electron chi connectivity index (χ1n) is 5.82. The van der Waals surface area contributed by atoms with Gasteiger partial charge in [-0.3, -0.25) is 0 Å². The molecule has 0 bridgehead atoms. The van der Waals surface area contributed by atoms with Gasteiger partial charge in [0.05, 0.1) is 0 Å². The van der Waals surface area contributed by atoms with Crippen LogP contribution < -0.4 is 4.72 Å². The minimum atomic E-state index is -3.84. The first-order valence-corrected chi connectivity index (χ1v) is 8.12. The highest BCUT2D eigenvalue weighted by Crippen LogP contribution is 2.18. The minimum absolute atomic E-state index is 0.149. The van der Waals surface area contributed by atoms with Gasteiger partial charge in [0, 0.05) is 16.3 Å². The lowest BCUT2D eigenvalue weighted by Crippen LogP contribution is -2.22. The van der Waals surface area contributed by atoms with Crippen LogP contribution in [0.15, 0.2) is 33.8 Å². The number of aromatic carboxylic acids is 1. The zero-order valence-electron chi connectivity index (χ0n) is 10.6. The number of thiophene rings is 1. The van der Waals surface area contributed by atoms with Gasteiger partial charge < -0.3 is 9.52 Å². The lowest BCUT2D eigenvalue weighted by Gasteiger charge is -2.02. The topological polar surface area (TPSA) is 96.6 Å². The van der Waals surface area contributed by atoms with E-state index in [2.05, 4.69) is 4.72 Å². The quantitative estimate of drug-likeness (QED) is 0.850. The third-order valence-electron chi connectivity index (χ3n) is 2.56. The Morgan fingerprint density at radius 2 is 2.00 bits per heavy atom. The number of sulfonamides is 1. The van der Waals surface area contributed by atoms with E-state index in [4.69, 9.17) is 9.52 Å². The fourth-order valence-corrected chi connectivity index (χ4v) is 3.45. The zero-order chi connectivity index (χ0) is 14.8. The molecule has 0 amide bonds. The third-order valence-corrected chi connectivity index (χ3v) is 5.06. The second-order valence-electron chi connectivity index (χ2n) is 3.97. The monoisotopic (exact) mass is 315 g/mol. The van der Waals surface area contributed by atoms with Crippen LogP contribution in [-0.2, 0) is 23.0 Å². The van der Waals surface area contributed by atoms with Crippen molar-refractivity contribution in [1.82, 2.24) is 4.72 Å². The minimum Gasteiger partial charge on any atom is -0.475 e. The Hall–Kier alpha value is -1.64. The average molecular weight is 315 g/mol. The number of nitrogens with one attached hydrogen (secondary N) is 1. The number of furan rings is 1. The summed E-state index contributed by atoms with van der Waals surface area (Å²) in [4.78, 5) is 12.7. The van der Waals surface area contributed by atoms with Crippen molar-refractivity contribution in [2.24, 2.45) is 0 Å². The molecule has 20 heavy (non-hydrogen) atoms. The smallest absolute Gasteiger partial charge is 0.371 e. The summed E-state index contributed by atoms with van der Waals surface area (Å²) in [5.41, 5.74) is 0. The molecule has 2 N–H and O–H groups in total. The summed E-state index contributed by atoms with van der Waals surface area (Å²) >= 11 is 1.53. The first kappa shape index (κ1) is 14.8.